The van der Waals surface area contributed by atoms with E-state index in [0.717, 1.165) is 12.8 Å². The molecule has 4 nitrogen and oxygen atoms in total. The lowest BCUT2D eigenvalue weighted by molar-refractivity contribution is 0.525. The van der Waals surface area contributed by atoms with Gasteiger partial charge in [0.25, 0.3) is 10.2 Å². The predicted octanol–water partition coefficient (Wildman–Crippen LogP) is -0.160. The summed E-state index contributed by atoms with van der Waals surface area (Å²) < 4.78 is 26.4. The molecule has 0 amide bonds. The molecule has 0 unspecified atom stereocenters. The lowest BCUT2D eigenvalue weighted by Gasteiger charge is -2.08. The molecule has 2 N–H and O–H groups in total. The van der Waals surface area contributed by atoms with E-state index >= 15 is 0 Å². The number of hydrogen-bond acceptors (Lipinski definition) is 2. The molecule has 0 aromatic rings. The Morgan fingerprint density at radius 2 is 2.00 bits per heavy atom. The van der Waals surface area contributed by atoms with E-state index in [1.54, 1.807) is 0 Å². The largest absolute Gasteiger partial charge is 0.276 e. The molecule has 66 valence electrons. The normalized spacial score (nSPS) is 21.6. The third-order valence-electron chi connectivity index (χ3n) is 2.06. The molecule has 1 aliphatic carbocycles. The zero-order chi connectivity index (χ0) is 8.54. The summed E-state index contributed by atoms with van der Waals surface area (Å²) in [6.07, 6.45) is 2.25. The molecule has 1 aliphatic rings. The average Bonchev–Trinajstić information content (AvgIpc) is 2.66. The fourth-order valence-corrected chi connectivity index (χ4v) is 1.41. The summed E-state index contributed by atoms with van der Waals surface area (Å²) in [6, 6.07) is 0. The van der Waals surface area contributed by atoms with Crippen LogP contribution in [0.15, 0.2) is 0 Å². The number of nitrogens with one attached hydrogen (secondary N) is 2. The van der Waals surface area contributed by atoms with Crippen molar-refractivity contribution in [3.8, 4) is 0 Å². The molecule has 0 saturated heterocycles. The van der Waals surface area contributed by atoms with Crippen LogP contribution < -0.4 is 9.44 Å². The van der Waals surface area contributed by atoms with Gasteiger partial charge in [0, 0.05) is 13.6 Å². The van der Waals surface area contributed by atoms with Gasteiger partial charge >= 0.3 is 0 Å². The van der Waals surface area contributed by atoms with Crippen molar-refractivity contribution in [2.45, 2.75) is 19.8 Å². The third kappa shape index (κ3) is 2.76. The predicted molar refractivity (Wildman–Crippen MR) is 43.3 cm³/mol. The van der Waals surface area contributed by atoms with Crippen LogP contribution in [-0.4, -0.2) is 22.0 Å². The quantitative estimate of drug-likeness (QED) is 0.628. The van der Waals surface area contributed by atoms with Crippen molar-refractivity contribution in [2.24, 2.45) is 5.41 Å². The van der Waals surface area contributed by atoms with E-state index in [2.05, 4.69) is 16.4 Å². The van der Waals surface area contributed by atoms with Crippen molar-refractivity contribution in [1.82, 2.24) is 9.44 Å². The highest BCUT2D eigenvalue weighted by Gasteiger charge is 2.37. The lowest BCUT2D eigenvalue weighted by Crippen LogP contribution is -2.37. The molecule has 0 spiro atoms. The molecule has 1 rings (SSSR count). The molecule has 1 saturated carbocycles. The van der Waals surface area contributed by atoms with Crippen LogP contribution in [0, 0.1) is 5.41 Å². The van der Waals surface area contributed by atoms with E-state index in [4.69, 9.17) is 0 Å². The Morgan fingerprint density at radius 1 is 1.45 bits per heavy atom. The van der Waals surface area contributed by atoms with Gasteiger partial charge in [-0.15, -0.1) is 0 Å². The van der Waals surface area contributed by atoms with Gasteiger partial charge in [-0.1, -0.05) is 6.92 Å². The topological polar surface area (TPSA) is 58.2 Å². The first-order valence-electron chi connectivity index (χ1n) is 3.66. The maximum Gasteiger partial charge on any atom is 0.276 e. The second-order valence-corrected chi connectivity index (χ2v) is 5.04. The smallest absolute Gasteiger partial charge is 0.205 e. The van der Waals surface area contributed by atoms with Gasteiger partial charge < -0.3 is 0 Å². The van der Waals surface area contributed by atoms with E-state index < -0.39 is 10.2 Å². The zero-order valence-electron chi connectivity index (χ0n) is 6.85. The standard InChI is InChI=1S/C6H14N2O2S/c1-6(3-4-6)5-8-11(9,10)7-2/h7-8H,3-5H2,1-2H3. The van der Waals surface area contributed by atoms with E-state index in [1.807, 2.05) is 0 Å². The van der Waals surface area contributed by atoms with Gasteiger partial charge in [-0.3, -0.25) is 0 Å². The summed E-state index contributed by atoms with van der Waals surface area (Å²) in [5.41, 5.74) is 0.226. The Kier molecular flexibility index (Phi) is 2.22. The number of rotatable bonds is 4. The van der Waals surface area contributed by atoms with Gasteiger partial charge in [-0.05, 0) is 18.3 Å². The molecule has 0 radical (unpaired) electrons. The van der Waals surface area contributed by atoms with Crippen molar-refractivity contribution >= 4 is 10.2 Å². The van der Waals surface area contributed by atoms with Gasteiger partial charge in [0.15, 0.2) is 0 Å². The van der Waals surface area contributed by atoms with Crippen molar-refractivity contribution in [3.63, 3.8) is 0 Å². The van der Waals surface area contributed by atoms with Gasteiger partial charge in [-0.2, -0.15) is 8.42 Å². The fourth-order valence-electron chi connectivity index (χ4n) is 0.732. The number of hydrogen-bond donors (Lipinski definition) is 2. The minimum absolute atomic E-state index is 0.226. The first kappa shape index (κ1) is 8.96. The molecule has 5 heteroatoms. The molecule has 1 fully saturated rings. The van der Waals surface area contributed by atoms with Gasteiger partial charge in [0.2, 0.25) is 0 Å². The van der Waals surface area contributed by atoms with Crippen LogP contribution in [0.5, 0.6) is 0 Å². The Morgan fingerprint density at radius 3 is 2.36 bits per heavy atom. The van der Waals surface area contributed by atoms with Crippen molar-refractivity contribution in [2.75, 3.05) is 13.6 Å². The molecule has 0 atom stereocenters. The molecule has 0 heterocycles. The molecular weight excluding hydrogens is 164 g/mol. The highest BCUT2D eigenvalue weighted by Crippen LogP contribution is 2.44. The first-order chi connectivity index (χ1) is 4.97. The molecule has 0 aromatic carbocycles. The highest BCUT2D eigenvalue weighted by molar-refractivity contribution is 7.87. The zero-order valence-corrected chi connectivity index (χ0v) is 7.66. The van der Waals surface area contributed by atoms with Crippen LogP contribution in [0.2, 0.25) is 0 Å². The second-order valence-electron chi connectivity index (χ2n) is 3.34. The van der Waals surface area contributed by atoms with E-state index in [1.165, 1.54) is 7.05 Å². The summed E-state index contributed by atoms with van der Waals surface area (Å²) in [5, 5.41) is 0. The van der Waals surface area contributed by atoms with Crippen LogP contribution in [0.4, 0.5) is 0 Å². The molecule has 0 aromatic heterocycles. The van der Waals surface area contributed by atoms with Crippen LogP contribution in [0.3, 0.4) is 0 Å². The lowest BCUT2D eigenvalue weighted by atomic mass is 10.2. The molecule has 11 heavy (non-hydrogen) atoms. The van der Waals surface area contributed by atoms with Crippen molar-refractivity contribution in [1.29, 1.82) is 0 Å². The maximum atomic E-state index is 10.9. The van der Waals surface area contributed by atoms with Crippen LogP contribution >= 0.6 is 0 Å². The average molecular weight is 178 g/mol. The van der Waals surface area contributed by atoms with Crippen molar-refractivity contribution < 1.29 is 8.42 Å². The van der Waals surface area contributed by atoms with Gasteiger partial charge in [0.1, 0.15) is 0 Å². The second kappa shape index (κ2) is 2.73. The monoisotopic (exact) mass is 178 g/mol. The first-order valence-corrected chi connectivity index (χ1v) is 5.14. The molecule has 0 aliphatic heterocycles. The molecular formula is C6H14N2O2S. The summed E-state index contributed by atoms with van der Waals surface area (Å²) >= 11 is 0. The Labute approximate surface area is 67.6 Å². The van der Waals surface area contributed by atoms with Crippen LogP contribution in [0.25, 0.3) is 0 Å². The van der Waals surface area contributed by atoms with E-state index in [-0.39, 0.29) is 5.41 Å². The van der Waals surface area contributed by atoms with Gasteiger partial charge in [0.05, 0.1) is 0 Å². The SMILES string of the molecule is CNS(=O)(=O)NCC1(C)CC1. The summed E-state index contributed by atoms with van der Waals surface area (Å²) in [6.45, 7) is 2.63. The maximum absolute atomic E-state index is 10.9. The fraction of sp³-hybridized carbons (Fsp3) is 1.00. The van der Waals surface area contributed by atoms with E-state index in [0.29, 0.717) is 6.54 Å². The minimum atomic E-state index is -3.21. The summed E-state index contributed by atoms with van der Waals surface area (Å²) in [5.74, 6) is 0. The Balaban J connectivity index is 2.32. The highest BCUT2D eigenvalue weighted by atomic mass is 32.2. The summed E-state index contributed by atoms with van der Waals surface area (Å²) in [4.78, 5) is 0. The van der Waals surface area contributed by atoms with Crippen LogP contribution in [-0.2, 0) is 10.2 Å². The molecule has 0 bridgehead atoms. The van der Waals surface area contributed by atoms with Crippen LogP contribution in [0.1, 0.15) is 19.8 Å². The van der Waals surface area contributed by atoms with Crippen molar-refractivity contribution in [3.05, 3.63) is 0 Å². The third-order valence-corrected chi connectivity index (χ3v) is 3.12. The van der Waals surface area contributed by atoms with Gasteiger partial charge in [-0.25, -0.2) is 9.44 Å². The minimum Gasteiger partial charge on any atom is -0.205 e. The Bertz CT molecular complexity index is 231. The van der Waals surface area contributed by atoms with E-state index in [9.17, 15) is 8.42 Å². The Hall–Kier alpha value is -0.130. The summed E-state index contributed by atoms with van der Waals surface area (Å²) in [7, 11) is -1.81.